The third-order valence-electron chi connectivity index (χ3n) is 6.14. The highest BCUT2D eigenvalue weighted by atomic mass is 32.2. The molecule has 2 saturated heterocycles. The fraction of sp³-hybridized carbons (Fsp3) is 0.526. The second-order valence-electron chi connectivity index (χ2n) is 8.09. The van der Waals surface area contributed by atoms with Gasteiger partial charge in [-0.25, -0.2) is 12.7 Å². The number of aryl methyl sites for hydroxylation is 1. The fourth-order valence-electron chi connectivity index (χ4n) is 4.51. The number of sulfonamides is 1. The molecule has 2 aromatic rings. The van der Waals surface area contributed by atoms with Gasteiger partial charge in [0.2, 0.25) is 15.9 Å². The minimum Gasteiger partial charge on any atom is -0.339 e. The minimum absolute atomic E-state index is 0.0535. The van der Waals surface area contributed by atoms with E-state index in [-0.39, 0.29) is 23.6 Å². The Morgan fingerprint density at radius 3 is 2.57 bits per heavy atom. The first-order valence-corrected chi connectivity index (χ1v) is 11.0. The Kier molecular flexibility index (Phi) is 3.89. The van der Waals surface area contributed by atoms with E-state index in [9.17, 15) is 13.2 Å². The lowest BCUT2D eigenvalue weighted by atomic mass is 9.81. The first-order valence-electron chi connectivity index (χ1n) is 9.54. The number of hydrogen-bond acceptors (Lipinski definition) is 6. The van der Waals surface area contributed by atoms with Crippen LogP contribution in [0.4, 0.5) is 0 Å². The molecule has 28 heavy (non-hydrogen) atoms. The molecule has 8 nitrogen and oxygen atoms in total. The highest BCUT2D eigenvalue weighted by molar-refractivity contribution is 7.90. The van der Waals surface area contributed by atoms with Crippen LogP contribution in [0.1, 0.15) is 34.9 Å². The van der Waals surface area contributed by atoms with Crippen LogP contribution in [0.3, 0.4) is 0 Å². The molecule has 1 aromatic heterocycles. The number of rotatable bonds is 4. The van der Waals surface area contributed by atoms with Crippen molar-refractivity contribution in [2.45, 2.75) is 30.4 Å². The first-order chi connectivity index (χ1) is 13.4. The third-order valence-corrected chi connectivity index (χ3v) is 8.46. The number of carbonyl (C=O) groups is 1. The van der Waals surface area contributed by atoms with Crippen molar-refractivity contribution in [1.29, 1.82) is 0 Å². The number of aromatic nitrogens is 2. The van der Waals surface area contributed by atoms with Crippen LogP contribution in [0.2, 0.25) is 0 Å². The van der Waals surface area contributed by atoms with Gasteiger partial charge in [-0.05, 0) is 31.9 Å². The summed E-state index contributed by atoms with van der Waals surface area (Å²) in [5, 5.41) is 3.67. The highest BCUT2D eigenvalue weighted by Gasteiger charge is 2.61. The molecule has 5 rings (SSSR count). The number of fused-ring (bicyclic) bond motifs is 1. The molecule has 148 valence electrons. The Morgan fingerprint density at radius 2 is 1.93 bits per heavy atom. The average molecular weight is 402 g/mol. The van der Waals surface area contributed by atoms with Crippen LogP contribution in [0.5, 0.6) is 0 Å². The first kappa shape index (κ1) is 17.8. The maximum Gasteiger partial charge on any atom is 0.253 e. The summed E-state index contributed by atoms with van der Waals surface area (Å²) in [6, 6.07) is 9.14. The van der Waals surface area contributed by atoms with Gasteiger partial charge in [0.15, 0.2) is 5.82 Å². The Morgan fingerprint density at radius 1 is 1.18 bits per heavy atom. The molecular weight excluding hydrogens is 380 g/mol. The van der Waals surface area contributed by atoms with Crippen molar-refractivity contribution in [1.82, 2.24) is 19.3 Å². The molecular formula is C19H22N4O4S. The fourth-order valence-corrected chi connectivity index (χ4v) is 6.46. The number of benzene rings is 1. The van der Waals surface area contributed by atoms with Gasteiger partial charge in [-0.3, -0.25) is 4.79 Å². The maximum atomic E-state index is 13.0. The summed E-state index contributed by atoms with van der Waals surface area (Å²) in [5.41, 5.74) is -0.0185. The van der Waals surface area contributed by atoms with Crippen LogP contribution in [-0.2, 0) is 15.4 Å². The molecule has 1 aliphatic carbocycles. The zero-order chi connectivity index (χ0) is 19.5. The molecule has 1 saturated carbocycles. The largest absolute Gasteiger partial charge is 0.339 e. The van der Waals surface area contributed by atoms with E-state index in [0.717, 1.165) is 12.8 Å². The van der Waals surface area contributed by atoms with Gasteiger partial charge >= 0.3 is 0 Å². The van der Waals surface area contributed by atoms with Gasteiger partial charge in [0, 0.05) is 37.7 Å². The molecule has 0 radical (unpaired) electrons. The van der Waals surface area contributed by atoms with E-state index in [2.05, 4.69) is 10.1 Å². The summed E-state index contributed by atoms with van der Waals surface area (Å²) < 4.78 is 32.7. The van der Waals surface area contributed by atoms with Crippen LogP contribution in [-0.4, -0.2) is 65.1 Å². The van der Waals surface area contributed by atoms with Crippen LogP contribution >= 0.6 is 0 Å². The zero-order valence-electron chi connectivity index (χ0n) is 15.6. The Bertz CT molecular complexity index is 1020. The van der Waals surface area contributed by atoms with Gasteiger partial charge in [-0.1, -0.05) is 23.4 Å². The zero-order valence-corrected chi connectivity index (χ0v) is 16.4. The lowest BCUT2D eigenvalue weighted by molar-refractivity contribution is 0.0773. The predicted octanol–water partition coefficient (Wildman–Crippen LogP) is 1.20. The molecule has 0 bridgehead atoms. The minimum atomic E-state index is -3.30. The quantitative estimate of drug-likeness (QED) is 0.762. The SMILES string of the molecule is Cc1noc([C@@]23CN(C(=O)c4ccccc4)C[C@@H]2CN(S(=O)(=O)C2CC2)C3)n1. The van der Waals surface area contributed by atoms with Crippen LogP contribution in [0, 0.1) is 12.8 Å². The molecule has 1 aromatic carbocycles. The predicted molar refractivity (Wildman–Crippen MR) is 100 cm³/mol. The van der Waals surface area contributed by atoms with Crippen molar-refractivity contribution in [2.24, 2.45) is 5.92 Å². The van der Waals surface area contributed by atoms with E-state index in [1.807, 2.05) is 18.2 Å². The van der Waals surface area contributed by atoms with Crippen molar-refractivity contribution >= 4 is 15.9 Å². The van der Waals surface area contributed by atoms with Crippen molar-refractivity contribution in [3.8, 4) is 0 Å². The lowest BCUT2D eigenvalue weighted by Gasteiger charge is -2.26. The molecule has 2 atom stereocenters. The summed E-state index contributed by atoms with van der Waals surface area (Å²) in [6.45, 7) is 3.28. The Hall–Kier alpha value is -2.26. The van der Waals surface area contributed by atoms with Gasteiger partial charge < -0.3 is 9.42 Å². The molecule has 9 heteroatoms. The summed E-state index contributed by atoms with van der Waals surface area (Å²) in [5.74, 6) is 0.835. The van der Waals surface area contributed by atoms with E-state index in [0.29, 0.717) is 36.9 Å². The van der Waals surface area contributed by atoms with E-state index in [1.165, 1.54) is 0 Å². The molecule has 1 amide bonds. The Balaban J connectivity index is 1.48. The highest BCUT2D eigenvalue weighted by Crippen LogP contribution is 2.47. The molecule has 0 N–H and O–H groups in total. The molecule has 0 unspecified atom stereocenters. The van der Waals surface area contributed by atoms with E-state index in [1.54, 1.807) is 28.3 Å². The number of carbonyl (C=O) groups excluding carboxylic acids is 1. The van der Waals surface area contributed by atoms with Crippen LogP contribution in [0.25, 0.3) is 0 Å². The summed E-state index contributed by atoms with van der Waals surface area (Å²) in [7, 11) is -3.30. The normalized spacial score (nSPS) is 27.9. The monoisotopic (exact) mass is 402 g/mol. The molecule has 0 spiro atoms. The second-order valence-corrected chi connectivity index (χ2v) is 10.3. The van der Waals surface area contributed by atoms with E-state index < -0.39 is 15.4 Å². The standard InChI is InChI=1S/C19H22N4O4S/c1-13-20-18(27-21-13)19-11-22(17(24)14-5-3-2-4-6-14)9-15(19)10-23(12-19)28(25,26)16-7-8-16/h2-6,15-16H,7-12H2,1H3/t15-,19-/m1/s1. The molecule has 3 aliphatic rings. The lowest BCUT2D eigenvalue weighted by Crippen LogP contribution is -2.42. The van der Waals surface area contributed by atoms with Gasteiger partial charge in [-0.15, -0.1) is 0 Å². The van der Waals surface area contributed by atoms with Gasteiger partial charge in [0.05, 0.1) is 10.7 Å². The van der Waals surface area contributed by atoms with Crippen molar-refractivity contribution in [3.63, 3.8) is 0 Å². The van der Waals surface area contributed by atoms with E-state index in [4.69, 9.17) is 4.52 Å². The molecule has 3 heterocycles. The third kappa shape index (κ3) is 2.68. The summed E-state index contributed by atoms with van der Waals surface area (Å²) in [4.78, 5) is 19.2. The summed E-state index contributed by atoms with van der Waals surface area (Å²) >= 11 is 0. The van der Waals surface area contributed by atoms with Crippen LogP contribution in [0.15, 0.2) is 34.9 Å². The maximum absolute atomic E-state index is 13.0. The smallest absolute Gasteiger partial charge is 0.253 e. The number of amides is 1. The van der Waals surface area contributed by atoms with Crippen molar-refractivity contribution in [2.75, 3.05) is 26.2 Å². The number of likely N-dealkylation sites (tertiary alicyclic amines) is 1. The van der Waals surface area contributed by atoms with Crippen LogP contribution < -0.4 is 0 Å². The Labute approximate surface area is 163 Å². The number of hydrogen-bond donors (Lipinski definition) is 0. The topological polar surface area (TPSA) is 96.6 Å². The second kappa shape index (κ2) is 6.12. The van der Waals surface area contributed by atoms with Gasteiger partial charge in [0.25, 0.3) is 5.91 Å². The van der Waals surface area contributed by atoms with Crippen molar-refractivity contribution in [3.05, 3.63) is 47.6 Å². The summed E-state index contributed by atoms with van der Waals surface area (Å²) in [6.07, 6.45) is 1.46. The average Bonchev–Trinajstić information content (AvgIpc) is 3.22. The molecule has 3 fully saturated rings. The van der Waals surface area contributed by atoms with Gasteiger partial charge in [0.1, 0.15) is 0 Å². The van der Waals surface area contributed by atoms with Gasteiger partial charge in [-0.2, -0.15) is 4.98 Å². The van der Waals surface area contributed by atoms with E-state index >= 15 is 0 Å². The van der Waals surface area contributed by atoms with Crippen molar-refractivity contribution < 1.29 is 17.7 Å². The number of nitrogens with zero attached hydrogens (tertiary/aromatic N) is 4. The molecule has 2 aliphatic heterocycles.